The first-order valence-corrected chi connectivity index (χ1v) is 6.28. The van der Waals surface area contributed by atoms with Crippen molar-refractivity contribution >= 4 is 11.6 Å². The Hall–Kier alpha value is -1.52. The first kappa shape index (κ1) is 12.9. The number of nitrogens with zero attached hydrogens (tertiary/aromatic N) is 1. The van der Waals surface area contributed by atoms with Gasteiger partial charge >= 0.3 is 0 Å². The molecule has 1 saturated carbocycles. The van der Waals surface area contributed by atoms with E-state index in [-0.39, 0.29) is 16.7 Å². The van der Waals surface area contributed by atoms with Crippen LogP contribution in [-0.2, 0) is 0 Å². The van der Waals surface area contributed by atoms with E-state index in [9.17, 15) is 4.79 Å². The van der Waals surface area contributed by atoms with Gasteiger partial charge in [-0.25, -0.2) is 0 Å². The zero-order chi connectivity index (χ0) is 13.7. The third kappa shape index (κ3) is 1.69. The number of nitrogen functional groups attached to an aromatic ring is 1. The summed E-state index contributed by atoms with van der Waals surface area (Å²) in [5, 5.41) is 9.57. The van der Waals surface area contributed by atoms with Crippen molar-refractivity contribution in [1.29, 1.82) is 0 Å². The lowest BCUT2D eigenvalue weighted by molar-refractivity contribution is 0.0946. The Morgan fingerprint density at radius 1 is 1.39 bits per heavy atom. The monoisotopic (exact) mass is 250 g/mol. The second-order valence-corrected chi connectivity index (χ2v) is 6.32. The molecule has 18 heavy (non-hydrogen) atoms. The van der Waals surface area contributed by atoms with Crippen molar-refractivity contribution in [3.63, 3.8) is 0 Å². The zero-order valence-corrected chi connectivity index (χ0v) is 11.7. The van der Waals surface area contributed by atoms with Gasteiger partial charge in [-0.15, -0.1) is 0 Å². The maximum Gasteiger partial charge on any atom is 0.273 e. The average Bonchev–Trinajstić information content (AvgIpc) is 2.55. The highest BCUT2D eigenvalue weighted by molar-refractivity contribution is 5.97. The molecule has 0 bridgehead atoms. The summed E-state index contributed by atoms with van der Waals surface area (Å²) >= 11 is 0. The topological polar surface area (TPSA) is 83.8 Å². The van der Waals surface area contributed by atoms with Crippen LogP contribution in [0.4, 0.5) is 5.69 Å². The van der Waals surface area contributed by atoms with Crippen LogP contribution >= 0.6 is 0 Å². The Bertz CT molecular complexity index is 473. The van der Waals surface area contributed by atoms with E-state index in [4.69, 9.17) is 5.73 Å². The molecule has 5 heteroatoms. The molecule has 1 aliphatic carbocycles. The van der Waals surface area contributed by atoms with Gasteiger partial charge in [0, 0.05) is 6.54 Å². The molecule has 1 aromatic rings. The van der Waals surface area contributed by atoms with Gasteiger partial charge in [-0.1, -0.05) is 27.7 Å². The largest absolute Gasteiger partial charge is 0.395 e. The van der Waals surface area contributed by atoms with Crippen LogP contribution in [0.1, 0.15) is 43.9 Å². The predicted molar refractivity (Wildman–Crippen MR) is 71.1 cm³/mol. The number of aryl methyl sites for hydroxylation is 1. The van der Waals surface area contributed by atoms with Gasteiger partial charge in [0.15, 0.2) is 5.69 Å². The van der Waals surface area contributed by atoms with Crippen molar-refractivity contribution in [3.8, 4) is 0 Å². The molecule has 1 aromatic heterocycles. The van der Waals surface area contributed by atoms with Gasteiger partial charge in [0.1, 0.15) is 0 Å². The van der Waals surface area contributed by atoms with Crippen LogP contribution in [0.3, 0.4) is 0 Å². The van der Waals surface area contributed by atoms with E-state index in [2.05, 4.69) is 43.2 Å². The number of nitrogens with two attached hydrogens (primary N) is 1. The van der Waals surface area contributed by atoms with E-state index < -0.39 is 0 Å². The quantitative estimate of drug-likeness (QED) is 0.763. The highest BCUT2D eigenvalue weighted by Gasteiger charge is 2.64. The number of hydrogen-bond acceptors (Lipinski definition) is 3. The summed E-state index contributed by atoms with van der Waals surface area (Å²) in [7, 11) is 0. The molecule has 0 unspecified atom stereocenters. The van der Waals surface area contributed by atoms with Gasteiger partial charge in [-0.2, -0.15) is 5.10 Å². The van der Waals surface area contributed by atoms with Crippen molar-refractivity contribution in [1.82, 2.24) is 15.5 Å². The minimum absolute atomic E-state index is 0.199. The van der Waals surface area contributed by atoms with E-state index in [0.29, 0.717) is 23.8 Å². The highest BCUT2D eigenvalue weighted by Crippen LogP contribution is 2.67. The Morgan fingerprint density at radius 3 is 2.33 bits per heavy atom. The number of rotatable bonds is 3. The summed E-state index contributed by atoms with van der Waals surface area (Å²) in [6, 6.07) is 0. The molecule has 1 fully saturated rings. The maximum absolute atomic E-state index is 12.0. The maximum atomic E-state index is 12.0. The summed E-state index contributed by atoms with van der Waals surface area (Å²) < 4.78 is 0. The van der Waals surface area contributed by atoms with Crippen molar-refractivity contribution < 1.29 is 4.79 Å². The molecule has 100 valence electrons. The fourth-order valence-corrected chi connectivity index (χ4v) is 2.73. The molecule has 2 rings (SSSR count). The molecule has 0 spiro atoms. The molecule has 1 heterocycles. The third-order valence-electron chi connectivity index (χ3n) is 5.00. The summed E-state index contributed by atoms with van der Waals surface area (Å²) in [5.41, 5.74) is 7.78. The second kappa shape index (κ2) is 3.73. The van der Waals surface area contributed by atoms with Crippen LogP contribution in [0.2, 0.25) is 0 Å². The van der Waals surface area contributed by atoms with E-state index in [0.717, 1.165) is 5.69 Å². The predicted octanol–water partition coefficient (Wildman–Crippen LogP) is 1.71. The molecule has 0 aromatic carbocycles. The molecule has 0 aliphatic heterocycles. The highest BCUT2D eigenvalue weighted by atomic mass is 16.1. The van der Waals surface area contributed by atoms with Gasteiger partial charge in [0.25, 0.3) is 5.91 Å². The van der Waals surface area contributed by atoms with Gasteiger partial charge < -0.3 is 11.1 Å². The second-order valence-electron chi connectivity index (χ2n) is 6.32. The van der Waals surface area contributed by atoms with Crippen molar-refractivity contribution in [2.45, 2.75) is 34.6 Å². The summed E-state index contributed by atoms with van der Waals surface area (Å²) in [4.78, 5) is 12.0. The fraction of sp³-hybridized carbons (Fsp3) is 0.692. The van der Waals surface area contributed by atoms with E-state index in [1.54, 1.807) is 6.92 Å². The lowest BCUT2D eigenvalue weighted by Gasteiger charge is -2.05. The average molecular weight is 250 g/mol. The number of hydrogen-bond donors (Lipinski definition) is 3. The number of aromatic nitrogens is 2. The first-order chi connectivity index (χ1) is 8.19. The molecule has 1 aliphatic rings. The third-order valence-corrected chi connectivity index (χ3v) is 5.00. The zero-order valence-electron chi connectivity index (χ0n) is 11.7. The number of nitrogens with one attached hydrogen (secondary N) is 2. The van der Waals surface area contributed by atoms with Gasteiger partial charge in [-0.05, 0) is 23.7 Å². The Balaban J connectivity index is 1.97. The summed E-state index contributed by atoms with van der Waals surface area (Å²) in [5.74, 6) is 0.297. The Morgan fingerprint density at radius 2 is 1.94 bits per heavy atom. The first-order valence-electron chi connectivity index (χ1n) is 6.28. The smallest absolute Gasteiger partial charge is 0.273 e. The van der Waals surface area contributed by atoms with Gasteiger partial charge in [0.05, 0.1) is 11.4 Å². The van der Waals surface area contributed by atoms with Crippen LogP contribution in [0.25, 0.3) is 0 Å². The van der Waals surface area contributed by atoms with Crippen LogP contribution in [0, 0.1) is 23.7 Å². The lowest BCUT2D eigenvalue weighted by atomic mass is 10.0. The van der Waals surface area contributed by atoms with Gasteiger partial charge in [0.2, 0.25) is 0 Å². The Labute approximate surface area is 108 Å². The number of H-pyrrole nitrogens is 1. The standard InChI is InChI=1S/C13H22N4O/c1-7-9(14)10(17-16-7)11(18)15-6-8-12(2,3)13(8,4)5/h8H,6,14H2,1-5H3,(H,15,18)(H,16,17). The van der Waals surface area contributed by atoms with Crippen molar-refractivity contribution in [2.24, 2.45) is 16.7 Å². The molecule has 0 radical (unpaired) electrons. The van der Waals surface area contributed by atoms with E-state index >= 15 is 0 Å². The molecule has 4 N–H and O–H groups in total. The minimum Gasteiger partial charge on any atom is -0.395 e. The van der Waals surface area contributed by atoms with Crippen LogP contribution in [0.5, 0.6) is 0 Å². The van der Waals surface area contributed by atoms with E-state index in [1.165, 1.54) is 0 Å². The number of amides is 1. The molecule has 0 atom stereocenters. The fourth-order valence-electron chi connectivity index (χ4n) is 2.73. The molecule has 0 saturated heterocycles. The number of aromatic amines is 1. The normalized spacial score (nSPS) is 20.7. The lowest BCUT2D eigenvalue weighted by Crippen LogP contribution is -2.28. The van der Waals surface area contributed by atoms with Gasteiger partial charge in [-0.3, -0.25) is 9.89 Å². The van der Waals surface area contributed by atoms with Crippen molar-refractivity contribution in [2.75, 3.05) is 12.3 Å². The van der Waals surface area contributed by atoms with Crippen LogP contribution in [0.15, 0.2) is 0 Å². The van der Waals surface area contributed by atoms with E-state index in [1.807, 2.05) is 0 Å². The molecular weight excluding hydrogens is 228 g/mol. The number of carbonyl (C=O) groups is 1. The summed E-state index contributed by atoms with van der Waals surface area (Å²) in [6.45, 7) is 11.4. The SMILES string of the molecule is Cc1[nH]nc(C(=O)NCC2C(C)(C)C2(C)C)c1N. The molecular formula is C13H22N4O. The Kier molecular flexibility index (Phi) is 2.68. The minimum atomic E-state index is -0.199. The number of anilines is 1. The molecule has 5 nitrogen and oxygen atoms in total. The van der Waals surface area contributed by atoms with Crippen LogP contribution in [-0.4, -0.2) is 22.6 Å². The van der Waals surface area contributed by atoms with Crippen LogP contribution < -0.4 is 11.1 Å². The molecule has 1 amide bonds. The summed E-state index contributed by atoms with van der Waals surface area (Å²) in [6.07, 6.45) is 0. The van der Waals surface area contributed by atoms with Crippen molar-refractivity contribution in [3.05, 3.63) is 11.4 Å². The number of carbonyl (C=O) groups excluding carboxylic acids is 1.